The Bertz CT molecular complexity index is 1280. The van der Waals surface area contributed by atoms with Crippen LogP contribution < -0.4 is 5.32 Å². The SMILES string of the molecule is CC(=O)O[C@@H](C)C(=O)NCc1ccccc1-c1ccc([C@H]2O[C@@H](CSCCO)C[C@@H](c3ccc(CO)cc3)O2)cc1. The molecule has 218 valence electrons. The van der Waals surface area contributed by atoms with Crippen molar-refractivity contribution < 1.29 is 34.0 Å². The molecule has 0 bridgehead atoms. The van der Waals surface area contributed by atoms with Gasteiger partial charge < -0.3 is 29.7 Å². The number of aliphatic hydroxyl groups is 2. The van der Waals surface area contributed by atoms with Crippen molar-refractivity contribution in [3.05, 3.63) is 95.1 Å². The Hall–Kier alpha value is -3.21. The molecule has 8 nitrogen and oxygen atoms in total. The van der Waals surface area contributed by atoms with Crippen LogP contribution in [0.4, 0.5) is 0 Å². The van der Waals surface area contributed by atoms with Crippen molar-refractivity contribution in [3.8, 4) is 11.1 Å². The number of benzene rings is 3. The number of nitrogens with one attached hydrogen (secondary N) is 1. The van der Waals surface area contributed by atoms with Crippen molar-refractivity contribution in [3.63, 3.8) is 0 Å². The number of rotatable bonds is 12. The minimum atomic E-state index is -0.864. The Labute approximate surface area is 245 Å². The van der Waals surface area contributed by atoms with E-state index in [1.54, 1.807) is 18.7 Å². The molecule has 41 heavy (non-hydrogen) atoms. The molecule has 9 heteroatoms. The molecule has 4 atom stereocenters. The summed E-state index contributed by atoms with van der Waals surface area (Å²) >= 11 is 1.65. The molecule has 0 spiro atoms. The molecule has 0 saturated carbocycles. The number of ether oxygens (including phenoxy) is 3. The standard InChI is InChI=1S/C32H37NO7S/c1-21(38-22(2)36)31(37)33-18-27-5-3-4-6-29(27)24-11-13-26(14-12-24)32-39-28(20-41-16-15-34)17-30(40-32)25-9-7-23(19-35)8-10-25/h3-14,21,28,30,32,34-35H,15-20H2,1-2H3,(H,33,37)/t21-,28+,30-,32-/m0/s1. The lowest BCUT2D eigenvalue weighted by Crippen LogP contribution is -2.35. The first-order valence-electron chi connectivity index (χ1n) is 13.7. The van der Waals surface area contributed by atoms with Crippen LogP contribution in [0.15, 0.2) is 72.8 Å². The summed E-state index contributed by atoms with van der Waals surface area (Å²) in [5, 5.41) is 21.5. The predicted molar refractivity (Wildman–Crippen MR) is 158 cm³/mol. The van der Waals surface area contributed by atoms with Crippen LogP contribution in [-0.2, 0) is 37.0 Å². The lowest BCUT2D eigenvalue weighted by molar-refractivity contribution is -0.245. The third-order valence-electron chi connectivity index (χ3n) is 6.83. The highest BCUT2D eigenvalue weighted by atomic mass is 32.2. The minimum absolute atomic E-state index is 0.00673. The van der Waals surface area contributed by atoms with Crippen molar-refractivity contribution in [1.29, 1.82) is 0 Å². The first-order chi connectivity index (χ1) is 19.9. The smallest absolute Gasteiger partial charge is 0.303 e. The summed E-state index contributed by atoms with van der Waals surface area (Å²) in [5.74, 6) is 0.543. The molecular weight excluding hydrogens is 542 g/mol. The second-order valence-corrected chi connectivity index (χ2v) is 11.0. The second-order valence-electron chi connectivity index (χ2n) is 9.90. The van der Waals surface area contributed by atoms with Crippen LogP contribution in [0, 0.1) is 0 Å². The van der Waals surface area contributed by atoms with Crippen molar-refractivity contribution in [2.45, 2.75) is 58.0 Å². The van der Waals surface area contributed by atoms with Gasteiger partial charge in [0.25, 0.3) is 5.91 Å². The van der Waals surface area contributed by atoms with Gasteiger partial charge in [0.15, 0.2) is 12.4 Å². The Morgan fingerprint density at radius 3 is 2.39 bits per heavy atom. The summed E-state index contributed by atoms with van der Waals surface area (Å²) in [4.78, 5) is 23.5. The molecule has 0 radical (unpaired) electrons. The molecule has 4 rings (SSSR count). The number of hydrogen-bond acceptors (Lipinski definition) is 8. The number of carbonyl (C=O) groups is 2. The fraction of sp³-hybridized carbons (Fsp3) is 0.375. The van der Waals surface area contributed by atoms with E-state index in [1.165, 1.54) is 6.92 Å². The van der Waals surface area contributed by atoms with Gasteiger partial charge >= 0.3 is 5.97 Å². The third-order valence-corrected chi connectivity index (χ3v) is 7.91. The van der Waals surface area contributed by atoms with Crippen LogP contribution in [-0.4, -0.2) is 52.4 Å². The van der Waals surface area contributed by atoms with E-state index in [0.29, 0.717) is 18.7 Å². The van der Waals surface area contributed by atoms with Crippen molar-refractivity contribution in [2.75, 3.05) is 18.1 Å². The minimum Gasteiger partial charge on any atom is -0.453 e. The molecule has 0 aliphatic carbocycles. The summed E-state index contributed by atoms with van der Waals surface area (Å²) < 4.78 is 17.7. The monoisotopic (exact) mass is 579 g/mol. The third kappa shape index (κ3) is 8.64. The zero-order chi connectivity index (χ0) is 29.2. The van der Waals surface area contributed by atoms with Gasteiger partial charge in [0.05, 0.1) is 25.4 Å². The van der Waals surface area contributed by atoms with E-state index < -0.39 is 18.4 Å². The fourth-order valence-electron chi connectivity index (χ4n) is 4.71. The average Bonchev–Trinajstić information content (AvgIpc) is 3.00. The Kier molecular flexibility index (Phi) is 11.4. The molecule has 1 amide bonds. The van der Waals surface area contributed by atoms with Crippen molar-refractivity contribution in [2.24, 2.45) is 0 Å². The van der Waals surface area contributed by atoms with E-state index in [0.717, 1.165) is 39.1 Å². The number of aliphatic hydroxyl groups excluding tert-OH is 2. The Morgan fingerprint density at radius 1 is 1.00 bits per heavy atom. The second kappa shape index (κ2) is 15.1. The van der Waals surface area contributed by atoms with Crippen LogP contribution in [0.2, 0.25) is 0 Å². The van der Waals surface area contributed by atoms with E-state index >= 15 is 0 Å². The van der Waals surface area contributed by atoms with Crippen molar-refractivity contribution >= 4 is 23.6 Å². The van der Waals surface area contributed by atoms with E-state index in [9.17, 15) is 19.8 Å². The van der Waals surface area contributed by atoms with Gasteiger partial charge in [-0.3, -0.25) is 9.59 Å². The van der Waals surface area contributed by atoms with E-state index in [4.69, 9.17) is 14.2 Å². The van der Waals surface area contributed by atoms with Gasteiger partial charge in [-0.2, -0.15) is 11.8 Å². The predicted octanol–water partition coefficient (Wildman–Crippen LogP) is 4.68. The molecule has 0 aromatic heterocycles. The quantitative estimate of drug-likeness (QED) is 0.209. The lowest BCUT2D eigenvalue weighted by Gasteiger charge is -2.36. The molecule has 1 fully saturated rings. The first-order valence-corrected chi connectivity index (χ1v) is 14.9. The largest absolute Gasteiger partial charge is 0.453 e. The molecule has 3 aromatic rings. The molecule has 1 aliphatic rings. The maximum atomic E-state index is 12.3. The van der Waals surface area contributed by atoms with Gasteiger partial charge in [-0.25, -0.2) is 0 Å². The maximum absolute atomic E-state index is 12.3. The fourth-order valence-corrected chi connectivity index (χ4v) is 5.48. The van der Waals surface area contributed by atoms with Crippen molar-refractivity contribution in [1.82, 2.24) is 5.32 Å². The highest BCUT2D eigenvalue weighted by Crippen LogP contribution is 2.39. The maximum Gasteiger partial charge on any atom is 0.303 e. The van der Waals surface area contributed by atoms with Crippen LogP contribution in [0.3, 0.4) is 0 Å². The van der Waals surface area contributed by atoms with Gasteiger partial charge in [0.1, 0.15) is 0 Å². The van der Waals surface area contributed by atoms with Crippen LogP contribution in [0.25, 0.3) is 11.1 Å². The average molecular weight is 580 g/mol. The van der Waals surface area contributed by atoms with Crippen LogP contribution >= 0.6 is 11.8 Å². The highest BCUT2D eigenvalue weighted by molar-refractivity contribution is 7.99. The highest BCUT2D eigenvalue weighted by Gasteiger charge is 2.32. The number of hydrogen-bond donors (Lipinski definition) is 3. The topological polar surface area (TPSA) is 114 Å². The molecule has 1 saturated heterocycles. The zero-order valence-corrected chi connectivity index (χ0v) is 24.1. The van der Waals surface area contributed by atoms with E-state index in [2.05, 4.69) is 5.32 Å². The van der Waals surface area contributed by atoms with Crippen LogP contribution in [0.5, 0.6) is 0 Å². The van der Waals surface area contributed by atoms with Gasteiger partial charge in [-0.1, -0.05) is 72.8 Å². The summed E-state index contributed by atoms with van der Waals surface area (Å²) in [5.41, 5.74) is 5.66. The van der Waals surface area contributed by atoms with Gasteiger partial charge in [-0.15, -0.1) is 0 Å². The number of carbonyl (C=O) groups excluding carboxylic acids is 2. The summed E-state index contributed by atoms with van der Waals surface area (Å²) in [6, 6.07) is 23.6. The normalized spacial score (nSPS) is 19.4. The van der Waals surface area contributed by atoms with Gasteiger partial charge in [0.2, 0.25) is 0 Å². The number of esters is 1. The number of thioether (sulfide) groups is 1. The molecule has 3 aromatic carbocycles. The summed E-state index contributed by atoms with van der Waals surface area (Å²) in [6.07, 6.45) is -0.944. The van der Waals surface area contributed by atoms with Gasteiger partial charge in [0, 0.05) is 37.0 Å². The number of amides is 1. The first kappa shape index (κ1) is 30.7. The molecule has 1 heterocycles. The summed E-state index contributed by atoms with van der Waals surface area (Å²) in [6.45, 7) is 3.23. The molecule has 3 N–H and O–H groups in total. The zero-order valence-electron chi connectivity index (χ0n) is 23.3. The Morgan fingerprint density at radius 2 is 1.71 bits per heavy atom. The molecule has 1 aliphatic heterocycles. The lowest BCUT2D eigenvalue weighted by atomic mass is 9.97. The van der Waals surface area contributed by atoms with Gasteiger partial charge in [-0.05, 0) is 34.7 Å². The summed E-state index contributed by atoms with van der Waals surface area (Å²) in [7, 11) is 0. The Balaban J connectivity index is 1.49. The van der Waals surface area contributed by atoms with E-state index in [1.807, 2.05) is 72.8 Å². The van der Waals surface area contributed by atoms with Crippen LogP contribution in [0.1, 0.15) is 54.9 Å². The van der Waals surface area contributed by atoms with E-state index in [-0.39, 0.29) is 31.3 Å². The molecule has 0 unspecified atom stereocenters. The molecular formula is C32H37NO7S.